The van der Waals surface area contributed by atoms with Crippen LogP contribution in [-0.4, -0.2) is 42.9 Å². The standard InChI is InChI=1S/C25H31N5O4/c1-13(2)18-6-5-14(3)7-20(18)34-25(33)28-12-16-9-21(28)30-22(16)23(31)29(24(30)32)17-8-15(4)19(10-26)27-11-17/h8,11,13-14,16,18,20-21,31H,5-7,9,12H2,1-4H3/t14-,16-,18+,20-,21-/m1/s1. The lowest BCUT2D eigenvalue weighted by molar-refractivity contribution is -0.0166. The van der Waals surface area contributed by atoms with Crippen LogP contribution in [0.3, 0.4) is 0 Å². The Morgan fingerprint density at radius 3 is 2.76 bits per heavy atom. The Morgan fingerprint density at radius 1 is 1.32 bits per heavy atom. The minimum atomic E-state index is -0.474. The number of carbonyl (C=O) groups is 1. The molecule has 1 N–H and O–H groups in total. The van der Waals surface area contributed by atoms with E-state index in [0.717, 1.165) is 19.3 Å². The van der Waals surface area contributed by atoms with Crippen LogP contribution in [0.4, 0.5) is 4.79 Å². The Hall–Kier alpha value is -3.28. The number of nitriles is 1. The first-order valence-corrected chi connectivity index (χ1v) is 12.1. The number of aromatic hydroxyl groups is 1. The van der Waals surface area contributed by atoms with Crippen LogP contribution in [0.25, 0.3) is 5.69 Å². The zero-order valence-electron chi connectivity index (χ0n) is 20.1. The minimum Gasteiger partial charge on any atom is -0.493 e. The smallest absolute Gasteiger partial charge is 0.411 e. The fourth-order valence-corrected chi connectivity index (χ4v) is 6.12. The molecule has 2 aliphatic heterocycles. The highest BCUT2D eigenvalue weighted by Gasteiger charge is 2.50. The summed E-state index contributed by atoms with van der Waals surface area (Å²) in [5, 5.41) is 20.1. The van der Waals surface area contributed by atoms with E-state index in [1.807, 2.05) is 6.07 Å². The normalized spacial score (nSPS) is 27.6. The number of likely N-dealkylation sites (tertiary alicyclic amines) is 1. The third kappa shape index (κ3) is 3.39. The van der Waals surface area contributed by atoms with Crippen LogP contribution < -0.4 is 5.69 Å². The molecule has 1 saturated carbocycles. The molecule has 34 heavy (non-hydrogen) atoms. The summed E-state index contributed by atoms with van der Waals surface area (Å²) in [6.45, 7) is 8.71. The first kappa shape index (κ1) is 22.5. The Labute approximate surface area is 198 Å². The molecular formula is C25H31N5O4. The van der Waals surface area contributed by atoms with Gasteiger partial charge in [-0.2, -0.15) is 5.26 Å². The van der Waals surface area contributed by atoms with Gasteiger partial charge in [-0.1, -0.05) is 27.2 Å². The molecule has 2 bridgehead atoms. The van der Waals surface area contributed by atoms with Gasteiger partial charge in [-0.3, -0.25) is 9.47 Å². The van der Waals surface area contributed by atoms with Gasteiger partial charge >= 0.3 is 11.8 Å². The van der Waals surface area contributed by atoms with Crippen LogP contribution in [0, 0.1) is 36.0 Å². The Bertz CT molecular complexity index is 1240. The van der Waals surface area contributed by atoms with Gasteiger partial charge in [-0.25, -0.2) is 19.1 Å². The average Bonchev–Trinajstić information content (AvgIpc) is 3.45. The molecule has 2 aromatic rings. The largest absolute Gasteiger partial charge is 0.493 e. The third-order valence-electron chi connectivity index (χ3n) is 7.93. The SMILES string of the molecule is Cc1cc(-n2c(O)c3n(c2=O)[C@@H]2C[C@@H]3CN2C(=O)O[C@@H]2C[C@H](C)CC[C@H]2C(C)C)cnc1C#N. The maximum absolute atomic E-state index is 13.4. The molecule has 0 aromatic carbocycles. The Kier molecular flexibility index (Phi) is 5.42. The van der Waals surface area contributed by atoms with E-state index < -0.39 is 11.9 Å². The number of ether oxygens (including phenoxy) is 1. The van der Waals surface area contributed by atoms with Gasteiger partial charge in [0, 0.05) is 12.5 Å². The van der Waals surface area contributed by atoms with Gasteiger partial charge in [0.2, 0.25) is 5.88 Å². The summed E-state index contributed by atoms with van der Waals surface area (Å²) in [4.78, 5) is 32.4. The maximum Gasteiger partial charge on any atom is 0.411 e. The average molecular weight is 466 g/mol. The molecule has 3 aliphatic rings. The molecular weight excluding hydrogens is 434 g/mol. The number of fused-ring (bicyclic) bond motifs is 5. The monoisotopic (exact) mass is 465 g/mol. The summed E-state index contributed by atoms with van der Waals surface area (Å²) in [6.07, 6.45) is 4.11. The number of carbonyl (C=O) groups excluding carboxylic acids is 1. The molecule has 0 unspecified atom stereocenters. The van der Waals surface area contributed by atoms with E-state index in [2.05, 4.69) is 25.8 Å². The summed E-state index contributed by atoms with van der Waals surface area (Å²) in [5.41, 5.74) is 1.41. The van der Waals surface area contributed by atoms with Crippen molar-refractivity contribution in [2.75, 3.05) is 6.54 Å². The number of nitrogens with zero attached hydrogens (tertiary/aromatic N) is 5. The molecule has 1 amide bonds. The van der Waals surface area contributed by atoms with E-state index in [4.69, 9.17) is 10.00 Å². The van der Waals surface area contributed by atoms with Crippen molar-refractivity contribution in [3.05, 3.63) is 39.7 Å². The van der Waals surface area contributed by atoms with Crippen LogP contribution in [0.5, 0.6) is 5.88 Å². The number of pyridine rings is 1. The van der Waals surface area contributed by atoms with Crippen molar-refractivity contribution in [1.29, 1.82) is 5.26 Å². The van der Waals surface area contributed by atoms with Crippen molar-refractivity contribution in [2.24, 2.45) is 17.8 Å². The van der Waals surface area contributed by atoms with Gasteiger partial charge in [0.15, 0.2) is 0 Å². The highest BCUT2D eigenvalue weighted by atomic mass is 16.6. The van der Waals surface area contributed by atoms with Crippen molar-refractivity contribution in [2.45, 2.75) is 71.6 Å². The van der Waals surface area contributed by atoms with E-state index in [1.54, 1.807) is 17.9 Å². The first-order valence-electron chi connectivity index (χ1n) is 12.1. The van der Waals surface area contributed by atoms with E-state index in [-0.39, 0.29) is 29.7 Å². The predicted octanol–water partition coefficient (Wildman–Crippen LogP) is 3.82. The summed E-state index contributed by atoms with van der Waals surface area (Å²) in [7, 11) is 0. The van der Waals surface area contributed by atoms with Crippen LogP contribution in [0.2, 0.25) is 0 Å². The molecule has 0 radical (unpaired) electrons. The van der Waals surface area contributed by atoms with Gasteiger partial charge < -0.3 is 9.84 Å². The first-order chi connectivity index (χ1) is 16.2. The second-order valence-corrected chi connectivity index (χ2v) is 10.5. The lowest BCUT2D eigenvalue weighted by atomic mass is 9.75. The van der Waals surface area contributed by atoms with E-state index in [1.165, 1.54) is 15.3 Å². The number of aryl methyl sites for hydroxylation is 1. The van der Waals surface area contributed by atoms with Crippen LogP contribution in [0.1, 0.15) is 75.5 Å². The predicted molar refractivity (Wildman–Crippen MR) is 124 cm³/mol. The van der Waals surface area contributed by atoms with Crippen molar-refractivity contribution in [1.82, 2.24) is 19.0 Å². The van der Waals surface area contributed by atoms with Crippen LogP contribution >= 0.6 is 0 Å². The molecule has 9 heteroatoms. The van der Waals surface area contributed by atoms with Gasteiger partial charge in [0.05, 0.1) is 17.6 Å². The number of aromatic nitrogens is 3. The minimum absolute atomic E-state index is 0.114. The zero-order valence-corrected chi connectivity index (χ0v) is 20.1. The van der Waals surface area contributed by atoms with Crippen molar-refractivity contribution < 1.29 is 14.6 Å². The number of hydrogen-bond acceptors (Lipinski definition) is 6. The van der Waals surface area contributed by atoms with Gasteiger partial charge in [-0.05, 0) is 55.6 Å². The van der Waals surface area contributed by atoms with Gasteiger partial charge in [0.1, 0.15) is 24.0 Å². The fourth-order valence-electron chi connectivity index (χ4n) is 6.12. The molecule has 4 heterocycles. The molecule has 180 valence electrons. The Balaban J connectivity index is 1.42. The number of amides is 1. The fraction of sp³-hybridized carbons (Fsp3) is 0.600. The molecule has 2 fully saturated rings. The summed E-state index contributed by atoms with van der Waals surface area (Å²) in [5.74, 6) is 1.04. The summed E-state index contributed by atoms with van der Waals surface area (Å²) < 4.78 is 8.78. The summed E-state index contributed by atoms with van der Waals surface area (Å²) >= 11 is 0. The number of rotatable bonds is 3. The third-order valence-corrected chi connectivity index (χ3v) is 7.93. The quantitative estimate of drug-likeness (QED) is 0.737. The molecule has 9 nitrogen and oxygen atoms in total. The van der Waals surface area contributed by atoms with Gasteiger partial charge in [-0.15, -0.1) is 0 Å². The number of hydrogen-bond donors (Lipinski definition) is 1. The lowest BCUT2D eigenvalue weighted by Gasteiger charge is -2.38. The molecule has 5 rings (SSSR count). The molecule has 2 aromatic heterocycles. The second-order valence-electron chi connectivity index (χ2n) is 10.5. The second kappa shape index (κ2) is 8.19. The molecule has 1 aliphatic carbocycles. The topological polar surface area (TPSA) is 113 Å². The maximum atomic E-state index is 13.4. The van der Waals surface area contributed by atoms with Crippen LogP contribution in [-0.2, 0) is 4.74 Å². The van der Waals surface area contributed by atoms with Crippen molar-refractivity contribution in [3.8, 4) is 17.6 Å². The Morgan fingerprint density at radius 2 is 2.09 bits per heavy atom. The molecule has 1 saturated heterocycles. The van der Waals surface area contributed by atoms with E-state index in [0.29, 0.717) is 47.7 Å². The van der Waals surface area contributed by atoms with Gasteiger partial charge in [0.25, 0.3) is 0 Å². The highest BCUT2D eigenvalue weighted by molar-refractivity contribution is 5.69. The van der Waals surface area contributed by atoms with E-state index in [9.17, 15) is 14.7 Å². The zero-order chi connectivity index (χ0) is 24.3. The molecule has 5 atom stereocenters. The van der Waals surface area contributed by atoms with Crippen molar-refractivity contribution >= 4 is 6.09 Å². The van der Waals surface area contributed by atoms with E-state index >= 15 is 0 Å². The summed E-state index contributed by atoms with van der Waals surface area (Å²) in [6, 6.07) is 3.67. The van der Waals surface area contributed by atoms with Crippen LogP contribution in [0.15, 0.2) is 17.1 Å². The molecule has 0 spiro atoms. The van der Waals surface area contributed by atoms with Crippen molar-refractivity contribution in [3.63, 3.8) is 0 Å². The number of imidazole rings is 1. The highest BCUT2D eigenvalue weighted by Crippen LogP contribution is 2.49. The lowest BCUT2D eigenvalue weighted by Crippen LogP contribution is -2.44.